The summed E-state index contributed by atoms with van der Waals surface area (Å²) >= 11 is 0. The Kier molecular flexibility index (Phi) is 3.14. The highest BCUT2D eigenvalue weighted by Gasteiger charge is 2.24. The fraction of sp³-hybridized carbons (Fsp3) is 0.500. The lowest BCUT2D eigenvalue weighted by Crippen LogP contribution is -2.15. The van der Waals surface area contributed by atoms with Crippen molar-refractivity contribution >= 4 is 10.0 Å². The van der Waals surface area contributed by atoms with Crippen LogP contribution in [-0.4, -0.2) is 14.5 Å². The number of benzene rings is 1. The predicted octanol–water partition coefficient (Wildman–Crippen LogP) is 2.00. The van der Waals surface area contributed by atoms with E-state index in [0.29, 0.717) is 11.7 Å². The van der Waals surface area contributed by atoms with Gasteiger partial charge in [0.1, 0.15) is 5.75 Å². The minimum Gasteiger partial charge on any atom is -0.490 e. The monoisotopic (exact) mass is 255 g/mol. The second kappa shape index (κ2) is 4.31. The van der Waals surface area contributed by atoms with Gasteiger partial charge in [0.25, 0.3) is 0 Å². The van der Waals surface area contributed by atoms with Crippen molar-refractivity contribution in [2.24, 2.45) is 5.14 Å². The molecule has 1 aromatic rings. The lowest BCUT2D eigenvalue weighted by atomic mass is 10.0. The lowest BCUT2D eigenvalue weighted by Gasteiger charge is -2.13. The van der Waals surface area contributed by atoms with E-state index >= 15 is 0 Å². The summed E-state index contributed by atoms with van der Waals surface area (Å²) in [5.74, 6) is 0.815. The Balaban J connectivity index is 2.40. The molecule has 1 aliphatic carbocycles. The first kappa shape index (κ1) is 12.4. The van der Waals surface area contributed by atoms with Crippen molar-refractivity contribution in [1.29, 1.82) is 0 Å². The highest BCUT2D eigenvalue weighted by Crippen LogP contribution is 2.31. The fourth-order valence-electron chi connectivity index (χ4n) is 1.69. The molecule has 0 bridgehead atoms. The van der Waals surface area contributed by atoms with Crippen molar-refractivity contribution in [3.05, 3.63) is 23.8 Å². The number of sulfonamides is 1. The van der Waals surface area contributed by atoms with Crippen LogP contribution in [0.25, 0.3) is 0 Å². The number of ether oxygens (including phenoxy) is 1. The van der Waals surface area contributed by atoms with E-state index in [0.717, 1.165) is 18.6 Å². The maximum atomic E-state index is 11.4. The second-order valence-corrected chi connectivity index (χ2v) is 6.25. The molecule has 0 aromatic heterocycles. The third-order valence-electron chi connectivity index (χ3n) is 2.74. The molecular weight excluding hydrogens is 238 g/mol. The molecule has 0 aliphatic heterocycles. The molecule has 0 radical (unpaired) electrons. The maximum absolute atomic E-state index is 11.4. The van der Waals surface area contributed by atoms with E-state index in [4.69, 9.17) is 9.88 Å². The molecule has 0 amide bonds. The van der Waals surface area contributed by atoms with Crippen LogP contribution in [0.1, 0.15) is 38.2 Å². The summed E-state index contributed by atoms with van der Waals surface area (Å²) in [5, 5.41) is 5.19. The molecule has 1 fully saturated rings. The Labute approximate surface area is 102 Å². The molecular formula is C12H17NO3S. The van der Waals surface area contributed by atoms with Gasteiger partial charge in [-0.1, -0.05) is 13.8 Å². The van der Waals surface area contributed by atoms with Crippen molar-refractivity contribution in [3.8, 4) is 5.75 Å². The summed E-state index contributed by atoms with van der Waals surface area (Å²) in [4.78, 5) is 0.190. The molecule has 0 spiro atoms. The van der Waals surface area contributed by atoms with Gasteiger partial charge in [-0.05, 0) is 42.5 Å². The van der Waals surface area contributed by atoms with Crippen LogP contribution in [0, 0.1) is 0 Å². The molecule has 2 N–H and O–H groups in total. The first-order chi connectivity index (χ1) is 7.88. The van der Waals surface area contributed by atoms with Crippen LogP contribution < -0.4 is 9.88 Å². The predicted molar refractivity (Wildman–Crippen MR) is 65.6 cm³/mol. The third kappa shape index (κ3) is 2.98. The van der Waals surface area contributed by atoms with E-state index in [9.17, 15) is 8.42 Å². The molecule has 0 unspecified atom stereocenters. The Hall–Kier alpha value is -1.07. The zero-order valence-corrected chi connectivity index (χ0v) is 10.8. The van der Waals surface area contributed by atoms with Crippen LogP contribution in [0.15, 0.2) is 23.1 Å². The van der Waals surface area contributed by atoms with Crippen molar-refractivity contribution in [1.82, 2.24) is 0 Å². The van der Waals surface area contributed by atoms with Gasteiger partial charge in [0.2, 0.25) is 10.0 Å². The van der Waals surface area contributed by atoms with E-state index in [1.54, 1.807) is 12.1 Å². The summed E-state index contributed by atoms with van der Waals surface area (Å²) in [5.41, 5.74) is 0.714. The lowest BCUT2D eigenvalue weighted by molar-refractivity contribution is 0.302. The first-order valence-corrected chi connectivity index (χ1v) is 7.26. The molecule has 1 aromatic carbocycles. The van der Waals surface area contributed by atoms with Gasteiger partial charge in [0, 0.05) is 0 Å². The molecule has 4 nitrogen and oxygen atoms in total. The molecule has 1 saturated carbocycles. The fourth-order valence-corrected chi connectivity index (χ4v) is 2.57. The van der Waals surface area contributed by atoms with Crippen molar-refractivity contribution in [2.75, 3.05) is 0 Å². The summed E-state index contributed by atoms with van der Waals surface area (Å²) in [6.45, 7) is 3.87. The molecule has 94 valence electrons. The van der Waals surface area contributed by atoms with Crippen LogP contribution in [0.5, 0.6) is 5.75 Å². The topological polar surface area (TPSA) is 69.4 Å². The molecule has 5 heteroatoms. The van der Waals surface area contributed by atoms with E-state index in [2.05, 4.69) is 0 Å². The zero-order chi connectivity index (χ0) is 12.6. The summed E-state index contributed by atoms with van der Waals surface area (Å²) in [6, 6.07) is 4.98. The van der Waals surface area contributed by atoms with Gasteiger partial charge in [-0.3, -0.25) is 0 Å². The average molecular weight is 255 g/mol. The first-order valence-electron chi connectivity index (χ1n) is 5.71. The molecule has 2 rings (SSSR count). The van der Waals surface area contributed by atoms with E-state index in [1.807, 2.05) is 13.8 Å². The number of nitrogens with two attached hydrogens (primary N) is 1. The van der Waals surface area contributed by atoms with Gasteiger partial charge in [0.15, 0.2) is 0 Å². The highest BCUT2D eigenvalue weighted by atomic mass is 32.2. The van der Waals surface area contributed by atoms with Crippen molar-refractivity contribution in [3.63, 3.8) is 0 Å². The minimum atomic E-state index is -3.66. The molecule has 0 heterocycles. The number of hydrogen-bond acceptors (Lipinski definition) is 3. The number of rotatable bonds is 4. The van der Waals surface area contributed by atoms with Gasteiger partial charge in [-0.2, -0.15) is 0 Å². The number of primary sulfonamides is 1. The third-order valence-corrected chi connectivity index (χ3v) is 3.72. The largest absolute Gasteiger partial charge is 0.490 e. The normalized spacial score (nSPS) is 16.2. The average Bonchev–Trinajstić information content (AvgIpc) is 2.99. The zero-order valence-electron chi connectivity index (χ0n) is 10.0. The van der Waals surface area contributed by atoms with Crippen molar-refractivity contribution in [2.45, 2.75) is 43.6 Å². The standard InChI is InChI=1S/C12H17NO3S/c1-8(2)11-7-10(16-9-3-4-9)5-6-12(11)17(13,14)15/h5-9H,3-4H2,1-2H3,(H2,13,14,15). The van der Waals surface area contributed by atoms with Gasteiger partial charge in [-0.15, -0.1) is 0 Å². The van der Waals surface area contributed by atoms with Crippen LogP contribution in [0.4, 0.5) is 0 Å². The Morgan fingerprint density at radius 1 is 1.35 bits per heavy atom. The highest BCUT2D eigenvalue weighted by molar-refractivity contribution is 7.89. The Morgan fingerprint density at radius 3 is 2.47 bits per heavy atom. The molecule has 0 saturated heterocycles. The van der Waals surface area contributed by atoms with E-state index in [1.165, 1.54) is 6.07 Å². The van der Waals surface area contributed by atoms with Crippen LogP contribution in [-0.2, 0) is 10.0 Å². The molecule has 17 heavy (non-hydrogen) atoms. The number of hydrogen-bond donors (Lipinski definition) is 1. The van der Waals surface area contributed by atoms with Gasteiger partial charge < -0.3 is 4.74 Å². The van der Waals surface area contributed by atoms with Crippen molar-refractivity contribution < 1.29 is 13.2 Å². The van der Waals surface area contributed by atoms with Crippen LogP contribution >= 0.6 is 0 Å². The molecule has 1 aliphatic rings. The summed E-state index contributed by atoms with van der Waals surface area (Å²) in [7, 11) is -3.66. The Bertz CT molecular complexity index is 519. The van der Waals surface area contributed by atoms with Gasteiger partial charge in [-0.25, -0.2) is 13.6 Å². The Morgan fingerprint density at radius 2 is 2.00 bits per heavy atom. The van der Waals surface area contributed by atoms with Crippen LogP contribution in [0.3, 0.4) is 0 Å². The summed E-state index contributed by atoms with van der Waals surface area (Å²) in [6.07, 6.45) is 2.46. The van der Waals surface area contributed by atoms with Crippen LogP contribution in [0.2, 0.25) is 0 Å². The molecule has 0 atom stereocenters. The van der Waals surface area contributed by atoms with E-state index < -0.39 is 10.0 Å². The quantitative estimate of drug-likeness (QED) is 0.894. The summed E-state index contributed by atoms with van der Waals surface area (Å²) < 4.78 is 28.5. The smallest absolute Gasteiger partial charge is 0.238 e. The second-order valence-electron chi connectivity index (χ2n) is 4.72. The SMILES string of the molecule is CC(C)c1cc(OC2CC2)ccc1S(N)(=O)=O. The van der Waals surface area contributed by atoms with E-state index in [-0.39, 0.29) is 10.8 Å². The maximum Gasteiger partial charge on any atom is 0.238 e. The minimum absolute atomic E-state index is 0.0890. The van der Waals surface area contributed by atoms with Gasteiger partial charge in [0.05, 0.1) is 11.0 Å². The van der Waals surface area contributed by atoms with Gasteiger partial charge >= 0.3 is 0 Å².